The van der Waals surface area contributed by atoms with Gasteiger partial charge < -0.3 is 9.88 Å². The molecule has 5 nitrogen and oxygen atoms in total. The van der Waals surface area contributed by atoms with E-state index in [-0.39, 0.29) is 23.0 Å². The van der Waals surface area contributed by atoms with Gasteiger partial charge in [0.1, 0.15) is 5.82 Å². The van der Waals surface area contributed by atoms with Gasteiger partial charge in [0.2, 0.25) is 0 Å². The fraction of sp³-hybridized carbons (Fsp3) is 0.0870. The van der Waals surface area contributed by atoms with Crippen LogP contribution in [0.1, 0.15) is 21.7 Å². The van der Waals surface area contributed by atoms with Gasteiger partial charge in [-0.15, -0.1) is 0 Å². The van der Waals surface area contributed by atoms with Gasteiger partial charge in [-0.2, -0.15) is 0 Å². The first-order chi connectivity index (χ1) is 14.5. The number of hydrogen-bond donors (Lipinski definition) is 1. The van der Waals surface area contributed by atoms with E-state index in [1.54, 1.807) is 35.2 Å². The number of aromatic amines is 1. The Balaban J connectivity index is 1.72. The number of H-pyrrole nitrogens is 1. The Morgan fingerprint density at radius 1 is 0.933 bits per heavy atom. The third-order valence-corrected chi connectivity index (χ3v) is 5.22. The van der Waals surface area contributed by atoms with Gasteiger partial charge in [-0.25, -0.2) is 4.98 Å². The van der Waals surface area contributed by atoms with Crippen LogP contribution < -0.4 is 5.56 Å². The summed E-state index contributed by atoms with van der Waals surface area (Å²) >= 11 is 12.2. The van der Waals surface area contributed by atoms with E-state index >= 15 is 0 Å². The predicted molar refractivity (Wildman–Crippen MR) is 119 cm³/mol. The molecule has 0 saturated carbocycles. The zero-order valence-electron chi connectivity index (χ0n) is 15.8. The molecule has 0 aliphatic carbocycles. The number of carbonyl (C=O) groups is 1. The Morgan fingerprint density at radius 3 is 2.43 bits per heavy atom. The normalized spacial score (nSPS) is 10.9. The Hall–Kier alpha value is -3.15. The summed E-state index contributed by atoms with van der Waals surface area (Å²) in [4.78, 5) is 34.7. The monoisotopic (exact) mass is 437 g/mol. The number of halogens is 2. The molecule has 4 aromatic rings. The lowest BCUT2D eigenvalue weighted by Gasteiger charge is -2.23. The zero-order valence-corrected chi connectivity index (χ0v) is 17.3. The quantitative estimate of drug-likeness (QED) is 0.473. The highest BCUT2D eigenvalue weighted by Crippen LogP contribution is 2.23. The number of benzene rings is 3. The second-order valence-corrected chi connectivity index (χ2v) is 7.64. The summed E-state index contributed by atoms with van der Waals surface area (Å²) in [7, 11) is 0. The molecule has 1 N–H and O–H groups in total. The molecule has 0 bridgehead atoms. The van der Waals surface area contributed by atoms with Crippen molar-refractivity contribution in [3.8, 4) is 0 Å². The summed E-state index contributed by atoms with van der Waals surface area (Å²) in [6.07, 6.45) is 0. The minimum Gasteiger partial charge on any atom is -0.327 e. The molecule has 0 spiro atoms. The molecule has 1 aromatic heterocycles. The van der Waals surface area contributed by atoms with Gasteiger partial charge >= 0.3 is 0 Å². The maximum Gasteiger partial charge on any atom is 0.258 e. The third kappa shape index (κ3) is 4.37. The molecule has 0 radical (unpaired) electrons. The van der Waals surface area contributed by atoms with Gasteiger partial charge in [0.15, 0.2) is 0 Å². The number of para-hydroxylation sites is 1. The van der Waals surface area contributed by atoms with Gasteiger partial charge in [-0.1, -0.05) is 65.7 Å². The molecule has 0 unspecified atom stereocenters. The summed E-state index contributed by atoms with van der Waals surface area (Å²) < 4.78 is 0. The summed E-state index contributed by atoms with van der Waals surface area (Å²) in [5.74, 6) is 0.115. The molecule has 0 saturated heterocycles. The molecule has 1 heterocycles. The SMILES string of the molecule is O=C(c1ccc(Cl)cc1Cl)N(Cc1ccccc1)Cc1nc2ccccc2c(=O)[nH]1. The molecule has 4 rings (SSSR count). The molecule has 1 amide bonds. The molecule has 0 fully saturated rings. The van der Waals surface area contributed by atoms with Crippen LogP contribution in [-0.2, 0) is 13.1 Å². The van der Waals surface area contributed by atoms with E-state index in [4.69, 9.17) is 23.2 Å². The van der Waals surface area contributed by atoms with Gasteiger partial charge in [0.05, 0.1) is 28.0 Å². The van der Waals surface area contributed by atoms with Gasteiger partial charge in [0, 0.05) is 11.6 Å². The van der Waals surface area contributed by atoms with Crippen molar-refractivity contribution >= 4 is 40.0 Å². The van der Waals surface area contributed by atoms with Crippen molar-refractivity contribution in [3.63, 3.8) is 0 Å². The van der Waals surface area contributed by atoms with E-state index in [1.807, 2.05) is 36.4 Å². The molecule has 0 aliphatic heterocycles. The molecule has 0 atom stereocenters. The molecule has 7 heteroatoms. The maximum absolute atomic E-state index is 13.3. The van der Waals surface area contributed by atoms with Gasteiger partial charge in [-0.3, -0.25) is 9.59 Å². The Labute approximate surface area is 182 Å². The van der Waals surface area contributed by atoms with Crippen LogP contribution in [0, 0.1) is 0 Å². The second kappa shape index (κ2) is 8.69. The van der Waals surface area contributed by atoms with Crippen molar-refractivity contribution in [2.75, 3.05) is 0 Å². The first-order valence-corrected chi connectivity index (χ1v) is 10.0. The molecule has 30 heavy (non-hydrogen) atoms. The number of rotatable bonds is 5. The van der Waals surface area contributed by atoms with E-state index in [9.17, 15) is 9.59 Å². The van der Waals surface area contributed by atoms with E-state index in [0.717, 1.165) is 5.56 Å². The summed E-state index contributed by atoms with van der Waals surface area (Å²) in [5.41, 5.74) is 1.61. The summed E-state index contributed by atoms with van der Waals surface area (Å²) in [6.45, 7) is 0.446. The highest BCUT2D eigenvalue weighted by Gasteiger charge is 2.21. The Morgan fingerprint density at radius 2 is 1.67 bits per heavy atom. The molecule has 150 valence electrons. The first-order valence-electron chi connectivity index (χ1n) is 9.27. The number of carbonyl (C=O) groups excluding carboxylic acids is 1. The Bertz CT molecular complexity index is 1270. The highest BCUT2D eigenvalue weighted by molar-refractivity contribution is 6.36. The lowest BCUT2D eigenvalue weighted by Crippen LogP contribution is -2.32. The maximum atomic E-state index is 13.3. The van der Waals surface area contributed by atoms with Crippen molar-refractivity contribution in [1.82, 2.24) is 14.9 Å². The predicted octanol–water partition coefficient (Wildman–Crippen LogP) is 5.07. The average Bonchev–Trinajstić information content (AvgIpc) is 2.74. The van der Waals surface area contributed by atoms with Crippen molar-refractivity contribution in [2.24, 2.45) is 0 Å². The zero-order chi connectivity index (χ0) is 21.1. The van der Waals surface area contributed by atoms with E-state index in [2.05, 4.69) is 9.97 Å². The number of nitrogens with zero attached hydrogens (tertiary/aromatic N) is 2. The number of nitrogens with one attached hydrogen (secondary N) is 1. The van der Waals surface area contributed by atoms with Crippen molar-refractivity contribution in [3.05, 3.63) is 110 Å². The van der Waals surface area contributed by atoms with Crippen LogP contribution in [0.5, 0.6) is 0 Å². The molecule has 3 aromatic carbocycles. The lowest BCUT2D eigenvalue weighted by molar-refractivity contribution is 0.0725. The topological polar surface area (TPSA) is 66.1 Å². The largest absolute Gasteiger partial charge is 0.327 e. The van der Waals surface area contributed by atoms with Gasteiger partial charge in [-0.05, 0) is 35.9 Å². The molecular formula is C23H17Cl2N3O2. The van der Waals surface area contributed by atoms with Gasteiger partial charge in [0.25, 0.3) is 11.5 Å². The number of aromatic nitrogens is 2. The fourth-order valence-electron chi connectivity index (χ4n) is 3.23. The van der Waals surface area contributed by atoms with Crippen molar-refractivity contribution in [2.45, 2.75) is 13.1 Å². The van der Waals surface area contributed by atoms with Crippen LogP contribution in [0.3, 0.4) is 0 Å². The number of hydrogen-bond acceptors (Lipinski definition) is 3. The van der Waals surface area contributed by atoms with Crippen LogP contribution in [0.4, 0.5) is 0 Å². The number of amides is 1. The van der Waals surface area contributed by atoms with Crippen LogP contribution in [0.15, 0.2) is 77.6 Å². The standard InChI is InChI=1S/C23H17Cl2N3O2/c24-16-10-11-17(19(25)12-16)23(30)28(13-15-6-2-1-3-7-15)14-21-26-20-9-5-4-8-18(20)22(29)27-21/h1-12H,13-14H2,(H,26,27,29). The fourth-order valence-corrected chi connectivity index (χ4v) is 3.72. The van der Waals surface area contributed by atoms with Crippen molar-refractivity contribution in [1.29, 1.82) is 0 Å². The third-order valence-electron chi connectivity index (χ3n) is 4.67. The van der Waals surface area contributed by atoms with Crippen LogP contribution in [-0.4, -0.2) is 20.8 Å². The van der Waals surface area contributed by atoms with E-state index in [1.165, 1.54) is 6.07 Å². The minimum atomic E-state index is -0.281. The number of fused-ring (bicyclic) bond motifs is 1. The summed E-state index contributed by atoms with van der Waals surface area (Å²) in [5, 5.41) is 1.22. The van der Waals surface area contributed by atoms with Crippen LogP contribution in [0.25, 0.3) is 10.9 Å². The lowest BCUT2D eigenvalue weighted by atomic mass is 10.1. The first kappa shape index (κ1) is 20.1. The van der Waals surface area contributed by atoms with Crippen molar-refractivity contribution < 1.29 is 4.79 Å². The Kier molecular flexibility index (Phi) is 5.84. The minimum absolute atomic E-state index is 0.118. The molecular weight excluding hydrogens is 421 g/mol. The second-order valence-electron chi connectivity index (χ2n) is 6.80. The average molecular weight is 438 g/mol. The van der Waals surface area contributed by atoms with Crippen LogP contribution >= 0.6 is 23.2 Å². The van der Waals surface area contributed by atoms with E-state index < -0.39 is 0 Å². The highest BCUT2D eigenvalue weighted by atomic mass is 35.5. The van der Waals surface area contributed by atoms with E-state index in [0.29, 0.717) is 33.9 Å². The molecule has 0 aliphatic rings. The van der Waals surface area contributed by atoms with Crippen LogP contribution in [0.2, 0.25) is 10.0 Å². The smallest absolute Gasteiger partial charge is 0.258 e. The summed E-state index contributed by atoms with van der Waals surface area (Å²) in [6, 6.07) is 21.4.